The third-order valence-corrected chi connectivity index (χ3v) is 10.3. The van der Waals surface area contributed by atoms with Crippen molar-refractivity contribution >= 4 is 0 Å². The van der Waals surface area contributed by atoms with Crippen LogP contribution in [0.4, 0.5) is 0 Å². The first-order valence-corrected chi connectivity index (χ1v) is 17.6. The molecule has 7 aromatic carbocycles. The number of fused-ring (bicyclic) bond motifs is 3. The number of benzene rings is 7. The van der Waals surface area contributed by atoms with Gasteiger partial charge < -0.3 is 0 Å². The molecule has 0 amide bonds. The van der Waals surface area contributed by atoms with Crippen LogP contribution in [0.25, 0.3) is 78.4 Å². The molecule has 0 radical (unpaired) electrons. The molecular formula is C49H36N2. The highest BCUT2D eigenvalue weighted by molar-refractivity contribution is 5.93. The van der Waals surface area contributed by atoms with Crippen LogP contribution in [0.5, 0.6) is 0 Å². The number of nitrogens with zero attached hydrogens (tertiary/aromatic N) is 2. The quantitative estimate of drug-likeness (QED) is 0.179. The van der Waals surface area contributed by atoms with E-state index in [2.05, 4.69) is 172 Å². The molecule has 0 fully saturated rings. The Morgan fingerprint density at radius 2 is 0.804 bits per heavy atom. The van der Waals surface area contributed by atoms with Crippen molar-refractivity contribution in [2.24, 2.45) is 0 Å². The molecule has 51 heavy (non-hydrogen) atoms. The van der Waals surface area contributed by atoms with Gasteiger partial charge in [0, 0.05) is 22.1 Å². The molecule has 0 bridgehead atoms. The standard InChI is InChI=1S/C49H36N2/c1-49(2)43-24-10-9-22-42(43)47-41(23-13-25-44(47)49)39-20-11-18-37(30-39)34-26-28-35(29-27-34)45-32-46(51-48(50-45)36-16-7-4-8-17-36)40-21-12-19-38(31-40)33-14-5-3-6-15-33/h3-32H,1-2H3. The minimum absolute atomic E-state index is 0.0265. The second-order valence-electron chi connectivity index (χ2n) is 13.8. The summed E-state index contributed by atoms with van der Waals surface area (Å²) in [5.74, 6) is 0.713. The average Bonchev–Trinajstić information content (AvgIpc) is 3.44. The molecule has 0 spiro atoms. The topological polar surface area (TPSA) is 25.8 Å². The predicted molar refractivity (Wildman–Crippen MR) is 212 cm³/mol. The van der Waals surface area contributed by atoms with E-state index in [1.165, 1.54) is 50.1 Å². The summed E-state index contributed by atoms with van der Waals surface area (Å²) < 4.78 is 0. The maximum Gasteiger partial charge on any atom is 0.160 e. The second kappa shape index (κ2) is 12.5. The number of rotatable bonds is 6. The van der Waals surface area contributed by atoms with Crippen molar-refractivity contribution in [3.8, 4) is 78.4 Å². The van der Waals surface area contributed by atoms with E-state index >= 15 is 0 Å². The molecule has 0 unspecified atom stereocenters. The van der Waals surface area contributed by atoms with Gasteiger partial charge in [-0.05, 0) is 73.8 Å². The smallest absolute Gasteiger partial charge is 0.160 e. The summed E-state index contributed by atoms with van der Waals surface area (Å²) in [7, 11) is 0. The van der Waals surface area contributed by atoms with Gasteiger partial charge >= 0.3 is 0 Å². The van der Waals surface area contributed by atoms with Crippen molar-refractivity contribution in [3.63, 3.8) is 0 Å². The highest BCUT2D eigenvalue weighted by Gasteiger charge is 2.36. The zero-order valence-corrected chi connectivity index (χ0v) is 28.7. The van der Waals surface area contributed by atoms with E-state index in [0.717, 1.165) is 33.6 Å². The van der Waals surface area contributed by atoms with Gasteiger partial charge in [-0.25, -0.2) is 9.97 Å². The number of hydrogen-bond donors (Lipinski definition) is 0. The zero-order valence-electron chi connectivity index (χ0n) is 28.7. The zero-order chi connectivity index (χ0) is 34.4. The summed E-state index contributed by atoms with van der Waals surface area (Å²) in [4.78, 5) is 10.2. The second-order valence-corrected chi connectivity index (χ2v) is 13.8. The first-order valence-electron chi connectivity index (χ1n) is 17.6. The third-order valence-electron chi connectivity index (χ3n) is 10.3. The lowest BCUT2D eigenvalue weighted by Gasteiger charge is -2.21. The van der Waals surface area contributed by atoms with Gasteiger partial charge in [0.2, 0.25) is 0 Å². The Morgan fingerprint density at radius 1 is 0.333 bits per heavy atom. The van der Waals surface area contributed by atoms with Gasteiger partial charge in [-0.15, -0.1) is 0 Å². The van der Waals surface area contributed by atoms with Crippen LogP contribution in [0.15, 0.2) is 182 Å². The predicted octanol–water partition coefficient (Wildman–Crippen LogP) is 12.8. The fourth-order valence-electron chi connectivity index (χ4n) is 7.64. The van der Waals surface area contributed by atoms with Crippen molar-refractivity contribution < 1.29 is 0 Å². The van der Waals surface area contributed by atoms with Crippen LogP contribution in [0.2, 0.25) is 0 Å². The Labute approximate surface area is 299 Å². The number of aromatic nitrogens is 2. The van der Waals surface area contributed by atoms with Crippen molar-refractivity contribution in [1.82, 2.24) is 9.97 Å². The molecule has 0 atom stereocenters. The van der Waals surface area contributed by atoms with Crippen LogP contribution >= 0.6 is 0 Å². The monoisotopic (exact) mass is 652 g/mol. The lowest BCUT2D eigenvalue weighted by molar-refractivity contribution is 0.660. The molecule has 0 N–H and O–H groups in total. The summed E-state index contributed by atoms with van der Waals surface area (Å²) in [6, 6.07) is 64.8. The fraction of sp³-hybridized carbons (Fsp3) is 0.0612. The molecule has 8 aromatic rings. The van der Waals surface area contributed by atoms with Crippen LogP contribution in [0.1, 0.15) is 25.0 Å². The largest absolute Gasteiger partial charge is 0.228 e. The SMILES string of the molecule is CC1(C)c2ccccc2-c2c(-c3cccc(-c4ccc(-c5cc(-c6cccc(-c7ccccc7)c6)nc(-c6ccccc6)n5)cc4)c3)cccc21. The van der Waals surface area contributed by atoms with Gasteiger partial charge in [0.1, 0.15) is 0 Å². The van der Waals surface area contributed by atoms with Crippen LogP contribution in [-0.2, 0) is 5.41 Å². The molecule has 2 nitrogen and oxygen atoms in total. The molecule has 0 saturated heterocycles. The molecule has 1 aliphatic rings. The van der Waals surface area contributed by atoms with E-state index in [4.69, 9.17) is 9.97 Å². The van der Waals surface area contributed by atoms with E-state index in [1.807, 2.05) is 24.3 Å². The summed E-state index contributed by atoms with van der Waals surface area (Å²) in [6.45, 7) is 4.68. The van der Waals surface area contributed by atoms with E-state index in [0.29, 0.717) is 5.82 Å². The Hall–Kier alpha value is -6.38. The Morgan fingerprint density at radius 3 is 1.53 bits per heavy atom. The minimum Gasteiger partial charge on any atom is -0.228 e. The van der Waals surface area contributed by atoms with Gasteiger partial charge in [-0.3, -0.25) is 0 Å². The minimum atomic E-state index is -0.0265. The molecule has 1 aliphatic carbocycles. The Bertz CT molecular complexity index is 2530. The van der Waals surface area contributed by atoms with E-state index in [9.17, 15) is 0 Å². The summed E-state index contributed by atoms with van der Waals surface area (Å²) >= 11 is 0. The Balaban J connectivity index is 1.09. The van der Waals surface area contributed by atoms with Gasteiger partial charge in [-0.1, -0.05) is 178 Å². The number of hydrogen-bond acceptors (Lipinski definition) is 2. The van der Waals surface area contributed by atoms with Crippen molar-refractivity contribution in [2.45, 2.75) is 19.3 Å². The van der Waals surface area contributed by atoms with Crippen molar-refractivity contribution in [2.75, 3.05) is 0 Å². The molecular weight excluding hydrogens is 617 g/mol. The summed E-state index contributed by atoms with van der Waals surface area (Å²) in [5, 5.41) is 0. The van der Waals surface area contributed by atoms with Gasteiger partial charge in [0.25, 0.3) is 0 Å². The Kier molecular flexibility index (Phi) is 7.51. The fourth-order valence-corrected chi connectivity index (χ4v) is 7.64. The molecule has 1 aromatic heterocycles. The maximum absolute atomic E-state index is 5.09. The highest BCUT2D eigenvalue weighted by Crippen LogP contribution is 2.52. The van der Waals surface area contributed by atoms with Crippen LogP contribution in [0.3, 0.4) is 0 Å². The normalized spacial score (nSPS) is 12.7. The maximum atomic E-state index is 5.09. The van der Waals surface area contributed by atoms with Gasteiger partial charge in [-0.2, -0.15) is 0 Å². The van der Waals surface area contributed by atoms with Crippen molar-refractivity contribution in [1.29, 1.82) is 0 Å². The van der Waals surface area contributed by atoms with E-state index in [1.54, 1.807) is 0 Å². The van der Waals surface area contributed by atoms with Crippen LogP contribution in [0, 0.1) is 0 Å². The summed E-state index contributed by atoms with van der Waals surface area (Å²) in [5.41, 5.74) is 17.6. The lowest BCUT2D eigenvalue weighted by Crippen LogP contribution is -2.14. The first-order chi connectivity index (χ1) is 25.0. The van der Waals surface area contributed by atoms with Crippen molar-refractivity contribution in [3.05, 3.63) is 193 Å². The first kappa shape index (κ1) is 30.7. The molecule has 0 aliphatic heterocycles. The van der Waals surface area contributed by atoms with Crippen LogP contribution < -0.4 is 0 Å². The van der Waals surface area contributed by atoms with Gasteiger partial charge in [0.05, 0.1) is 11.4 Å². The van der Waals surface area contributed by atoms with Gasteiger partial charge in [0.15, 0.2) is 5.82 Å². The molecule has 242 valence electrons. The van der Waals surface area contributed by atoms with Crippen LogP contribution in [-0.4, -0.2) is 9.97 Å². The van der Waals surface area contributed by atoms with E-state index < -0.39 is 0 Å². The molecule has 0 saturated carbocycles. The molecule has 9 rings (SSSR count). The molecule has 2 heteroatoms. The molecule has 1 heterocycles. The highest BCUT2D eigenvalue weighted by atomic mass is 14.9. The lowest BCUT2D eigenvalue weighted by atomic mass is 9.82. The average molecular weight is 653 g/mol. The summed E-state index contributed by atoms with van der Waals surface area (Å²) in [6.07, 6.45) is 0. The third kappa shape index (κ3) is 5.56. The van der Waals surface area contributed by atoms with E-state index in [-0.39, 0.29) is 5.41 Å².